The highest BCUT2D eigenvalue weighted by Gasteiger charge is 2.05. The van der Waals surface area contributed by atoms with Crippen molar-refractivity contribution in [1.82, 2.24) is 0 Å². The second-order valence-electron chi connectivity index (χ2n) is 4.45. The maximum Gasteiger partial charge on any atom is 0.161 e. The molecule has 0 fully saturated rings. The second kappa shape index (κ2) is 5.99. The number of hydrogen-bond acceptors (Lipinski definition) is 2. The van der Waals surface area contributed by atoms with Crippen molar-refractivity contribution in [1.29, 1.82) is 0 Å². The molecule has 0 aliphatic heterocycles. The molecule has 0 amide bonds. The molecule has 0 saturated heterocycles. The van der Waals surface area contributed by atoms with Gasteiger partial charge >= 0.3 is 0 Å². The summed E-state index contributed by atoms with van der Waals surface area (Å²) in [5.74, 6) is 5.93. The topological polar surface area (TPSA) is 34.1 Å². The fourth-order valence-corrected chi connectivity index (χ4v) is 1.93. The molecule has 2 rings (SSSR count). The van der Waals surface area contributed by atoms with Gasteiger partial charge in [0.2, 0.25) is 0 Å². The van der Waals surface area contributed by atoms with Crippen LogP contribution in [0, 0.1) is 11.8 Å². The Bertz CT molecular complexity index is 669. The first-order chi connectivity index (χ1) is 9.59. The van der Waals surface area contributed by atoms with Gasteiger partial charge < -0.3 is 0 Å². The van der Waals surface area contributed by atoms with Crippen molar-refractivity contribution >= 4 is 11.6 Å². The predicted molar refractivity (Wildman–Crippen MR) is 78.9 cm³/mol. The van der Waals surface area contributed by atoms with E-state index in [2.05, 4.69) is 11.8 Å². The molecule has 0 spiro atoms. The average molecular weight is 262 g/mol. The number of rotatable bonds is 2. The Hall–Kier alpha value is -2.66. The maximum absolute atomic E-state index is 11.5. The van der Waals surface area contributed by atoms with Crippen LogP contribution in [0.1, 0.15) is 45.7 Å². The Labute approximate surface area is 118 Å². The van der Waals surface area contributed by atoms with Gasteiger partial charge in [0.05, 0.1) is 0 Å². The van der Waals surface area contributed by atoms with Crippen LogP contribution >= 0.6 is 0 Å². The summed E-state index contributed by atoms with van der Waals surface area (Å²) in [5.41, 5.74) is 2.55. The molecular weight excluding hydrogens is 248 g/mol. The van der Waals surface area contributed by atoms with Crippen molar-refractivity contribution in [2.75, 3.05) is 0 Å². The molecule has 0 radical (unpaired) electrons. The van der Waals surface area contributed by atoms with E-state index in [0.29, 0.717) is 22.3 Å². The molecule has 2 aromatic carbocycles. The summed E-state index contributed by atoms with van der Waals surface area (Å²) in [6.45, 7) is 3.04. The van der Waals surface area contributed by atoms with Crippen molar-refractivity contribution in [2.24, 2.45) is 0 Å². The van der Waals surface area contributed by atoms with E-state index in [-0.39, 0.29) is 11.6 Å². The van der Waals surface area contributed by atoms with Gasteiger partial charge in [-0.05, 0) is 26.0 Å². The first-order valence-electron chi connectivity index (χ1n) is 6.31. The van der Waals surface area contributed by atoms with Crippen molar-refractivity contribution in [2.45, 2.75) is 13.8 Å². The van der Waals surface area contributed by atoms with E-state index in [0.717, 1.165) is 0 Å². The van der Waals surface area contributed by atoms with Crippen molar-refractivity contribution in [3.63, 3.8) is 0 Å². The summed E-state index contributed by atoms with van der Waals surface area (Å²) < 4.78 is 0. The minimum Gasteiger partial charge on any atom is -0.294 e. The highest BCUT2D eigenvalue weighted by molar-refractivity contribution is 5.97. The van der Waals surface area contributed by atoms with Crippen LogP contribution in [0.3, 0.4) is 0 Å². The molecule has 0 heterocycles. The van der Waals surface area contributed by atoms with E-state index in [4.69, 9.17) is 0 Å². The predicted octanol–water partition coefficient (Wildman–Crippen LogP) is 3.49. The van der Waals surface area contributed by atoms with Gasteiger partial charge in [-0.1, -0.05) is 48.2 Å². The van der Waals surface area contributed by atoms with Crippen LogP contribution in [0.2, 0.25) is 0 Å². The minimum atomic E-state index is -0.0187. The lowest BCUT2D eigenvalue weighted by atomic mass is 10.0. The van der Waals surface area contributed by atoms with Crippen LogP contribution in [-0.2, 0) is 0 Å². The van der Waals surface area contributed by atoms with Crippen LogP contribution in [0.15, 0.2) is 48.5 Å². The van der Waals surface area contributed by atoms with Crippen molar-refractivity contribution < 1.29 is 9.59 Å². The quantitative estimate of drug-likeness (QED) is 0.613. The first kappa shape index (κ1) is 13.8. The van der Waals surface area contributed by atoms with Gasteiger partial charge in [0.25, 0.3) is 0 Å². The van der Waals surface area contributed by atoms with Gasteiger partial charge in [-0.25, -0.2) is 0 Å². The van der Waals surface area contributed by atoms with E-state index in [9.17, 15) is 9.59 Å². The Morgan fingerprint density at radius 3 is 1.40 bits per heavy atom. The van der Waals surface area contributed by atoms with E-state index in [1.54, 1.807) is 24.3 Å². The summed E-state index contributed by atoms with van der Waals surface area (Å²) in [7, 11) is 0. The monoisotopic (exact) mass is 262 g/mol. The van der Waals surface area contributed by atoms with Gasteiger partial charge in [-0.15, -0.1) is 0 Å². The fraction of sp³-hybridized carbons (Fsp3) is 0.111. The normalized spacial score (nSPS) is 9.50. The zero-order valence-corrected chi connectivity index (χ0v) is 11.4. The molecule has 2 heteroatoms. The van der Waals surface area contributed by atoms with E-state index < -0.39 is 0 Å². The number of carbonyl (C=O) groups is 2. The molecule has 2 nitrogen and oxygen atoms in total. The lowest BCUT2D eigenvalue weighted by Crippen LogP contribution is -1.97. The molecule has 0 N–H and O–H groups in total. The van der Waals surface area contributed by atoms with Gasteiger partial charge in [0.15, 0.2) is 11.6 Å². The molecule has 20 heavy (non-hydrogen) atoms. The van der Waals surface area contributed by atoms with Gasteiger partial charge in [0.1, 0.15) is 0 Å². The molecule has 0 aliphatic carbocycles. The molecule has 0 saturated carbocycles. The molecule has 98 valence electrons. The number of hydrogen-bond donors (Lipinski definition) is 0. The first-order valence-corrected chi connectivity index (χ1v) is 6.31. The Balaban J connectivity index is 2.47. The Morgan fingerprint density at radius 1 is 0.700 bits per heavy atom. The largest absolute Gasteiger partial charge is 0.294 e. The van der Waals surface area contributed by atoms with Gasteiger partial charge in [-0.3, -0.25) is 9.59 Å². The Kier molecular flexibility index (Phi) is 4.12. The van der Waals surface area contributed by atoms with Crippen molar-refractivity contribution in [3.8, 4) is 11.8 Å². The van der Waals surface area contributed by atoms with E-state index >= 15 is 0 Å². The molecule has 0 aliphatic rings. The molecule has 0 atom stereocenters. The molecule has 2 aromatic rings. The lowest BCUT2D eigenvalue weighted by molar-refractivity contribution is 0.100. The summed E-state index contributed by atoms with van der Waals surface area (Å²) in [5, 5.41) is 0. The van der Waals surface area contributed by atoms with Crippen LogP contribution in [0.25, 0.3) is 0 Å². The number of benzene rings is 2. The third kappa shape index (κ3) is 3.02. The number of ketones is 2. The van der Waals surface area contributed by atoms with Gasteiger partial charge in [0, 0.05) is 22.3 Å². The summed E-state index contributed by atoms with van der Waals surface area (Å²) in [4.78, 5) is 23.1. The number of carbonyl (C=O) groups excluding carboxylic acids is 2. The maximum atomic E-state index is 11.5. The Morgan fingerprint density at radius 2 is 1.05 bits per heavy atom. The molecule has 0 unspecified atom stereocenters. The smallest absolute Gasteiger partial charge is 0.161 e. The van der Waals surface area contributed by atoms with Crippen LogP contribution in [0.4, 0.5) is 0 Å². The second-order valence-corrected chi connectivity index (χ2v) is 4.45. The van der Waals surface area contributed by atoms with E-state index in [1.165, 1.54) is 13.8 Å². The number of Topliss-reactive ketones (excluding diaryl/α,β-unsaturated/α-hetero) is 2. The fourth-order valence-electron chi connectivity index (χ4n) is 1.93. The standard InChI is InChI=1S/C18H14O2/c1-13(19)17-9-5-3-7-15(17)11-12-16-8-4-6-10-18(16)14(2)20/h3-10H,1-2H3. The molecule has 0 aromatic heterocycles. The third-order valence-corrected chi connectivity index (χ3v) is 2.94. The highest BCUT2D eigenvalue weighted by atomic mass is 16.1. The highest BCUT2D eigenvalue weighted by Crippen LogP contribution is 2.11. The molecule has 0 bridgehead atoms. The third-order valence-electron chi connectivity index (χ3n) is 2.94. The van der Waals surface area contributed by atoms with Gasteiger partial charge in [-0.2, -0.15) is 0 Å². The zero-order valence-electron chi connectivity index (χ0n) is 11.4. The SMILES string of the molecule is CC(=O)c1ccccc1C#Cc1ccccc1C(C)=O. The summed E-state index contributed by atoms with van der Waals surface area (Å²) >= 11 is 0. The van der Waals surface area contributed by atoms with Crippen LogP contribution in [-0.4, -0.2) is 11.6 Å². The molecular formula is C18H14O2. The lowest BCUT2D eigenvalue weighted by Gasteiger charge is -2.00. The minimum absolute atomic E-state index is 0.0187. The van der Waals surface area contributed by atoms with Crippen LogP contribution < -0.4 is 0 Å². The van der Waals surface area contributed by atoms with E-state index in [1.807, 2.05) is 24.3 Å². The summed E-state index contributed by atoms with van der Waals surface area (Å²) in [6.07, 6.45) is 0. The zero-order chi connectivity index (χ0) is 14.5. The van der Waals surface area contributed by atoms with Crippen LogP contribution in [0.5, 0.6) is 0 Å². The average Bonchev–Trinajstić information content (AvgIpc) is 2.45. The summed E-state index contributed by atoms with van der Waals surface area (Å²) in [6, 6.07) is 14.4. The van der Waals surface area contributed by atoms with Crippen molar-refractivity contribution in [3.05, 3.63) is 70.8 Å².